The van der Waals surface area contributed by atoms with Crippen LogP contribution < -0.4 is 4.74 Å². The molecule has 0 amide bonds. The molecule has 0 aliphatic heterocycles. The molecule has 0 heterocycles. The van der Waals surface area contributed by atoms with Gasteiger partial charge < -0.3 is 4.74 Å². The third kappa shape index (κ3) is 2.55. The summed E-state index contributed by atoms with van der Waals surface area (Å²) < 4.78 is 5.98. The number of aryl methyl sites for hydroxylation is 1. The van der Waals surface area contributed by atoms with Gasteiger partial charge in [0.1, 0.15) is 5.75 Å². The molecule has 0 spiro atoms. The van der Waals surface area contributed by atoms with Gasteiger partial charge in [0.25, 0.3) is 0 Å². The number of nitrogens with zero attached hydrogens (tertiary/aromatic N) is 1. The van der Waals surface area contributed by atoms with Crippen LogP contribution in [-0.2, 0) is 6.42 Å². The third-order valence-electron chi connectivity index (χ3n) is 3.13. The van der Waals surface area contributed by atoms with Crippen molar-refractivity contribution in [3.8, 4) is 11.8 Å². The van der Waals surface area contributed by atoms with Gasteiger partial charge in [0.2, 0.25) is 0 Å². The lowest BCUT2D eigenvalue weighted by atomic mass is 10.1. The SMILES string of the molecule is Cc1ccc(CC#N)cc1OC1CCCC1. The Labute approximate surface area is 96.9 Å². The Hall–Kier alpha value is -1.49. The van der Waals surface area contributed by atoms with Gasteiger partial charge in [-0.3, -0.25) is 0 Å². The molecule has 0 unspecified atom stereocenters. The van der Waals surface area contributed by atoms with Gasteiger partial charge in [0.15, 0.2) is 0 Å². The second-order valence-corrected chi connectivity index (χ2v) is 4.46. The van der Waals surface area contributed by atoms with Crippen LogP contribution in [-0.4, -0.2) is 6.10 Å². The summed E-state index contributed by atoms with van der Waals surface area (Å²) in [4.78, 5) is 0. The van der Waals surface area contributed by atoms with Crippen molar-refractivity contribution in [1.29, 1.82) is 5.26 Å². The number of benzene rings is 1. The molecule has 0 bridgehead atoms. The minimum Gasteiger partial charge on any atom is -0.490 e. The molecule has 0 N–H and O–H groups in total. The second kappa shape index (κ2) is 5.03. The molecular formula is C14H17NO. The zero-order valence-corrected chi connectivity index (χ0v) is 9.70. The molecular weight excluding hydrogens is 198 g/mol. The van der Waals surface area contributed by atoms with Gasteiger partial charge in [-0.1, -0.05) is 12.1 Å². The van der Waals surface area contributed by atoms with E-state index in [-0.39, 0.29) is 0 Å². The van der Waals surface area contributed by atoms with E-state index in [2.05, 4.69) is 13.0 Å². The van der Waals surface area contributed by atoms with E-state index in [4.69, 9.17) is 10.00 Å². The van der Waals surface area contributed by atoms with E-state index in [1.807, 2.05) is 18.2 Å². The summed E-state index contributed by atoms with van der Waals surface area (Å²) in [5.41, 5.74) is 2.20. The lowest BCUT2D eigenvalue weighted by Gasteiger charge is -2.15. The predicted octanol–water partition coefficient (Wildman–Crippen LogP) is 3.38. The Morgan fingerprint density at radius 3 is 2.81 bits per heavy atom. The van der Waals surface area contributed by atoms with Crippen LogP contribution in [0, 0.1) is 18.3 Å². The summed E-state index contributed by atoms with van der Waals surface area (Å²) in [7, 11) is 0. The molecule has 1 fully saturated rings. The van der Waals surface area contributed by atoms with Crippen LogP contribution in [0.4, 0.5) is 0 Å². The van der Waals surface area contributed by atoms with Crippen LogP contribution in [0.25, 0.3) is 0 Å². The molecule has 0 saturated heterocycles. The smallest absolute Gasteiger partial charge is 0.122 e. The summed E-state index contributed by atoms with van der Waals surface area (Å²) in [6.07, 6.45) is 5.74. The fourth-order valence-electron chi connectivity index (χ4n) is 2.16. The van der Waals surface area contributed by atoms with Gasteiger partial charge in [-0.2, -0.15) is 5.26 Å². The quantitative estimate of drug-likeness (QED) is 0.774. The van der Waals surface area contributed by atoms with E-state index < -0.39 is 0 Å². The van der Waals surface area contributed by atoms with Crippen molar-refractivity contribution >= 4 is 0 Å². The fourth-order valence-corrected chi connectivity index (χ4v) is 2.16. The Balaban J connectivity index is 2.12. The number of hydrogen-bond acceptors (Lipinski definition) is 2. The van der Waals surface area contributed by atoms with Gasteiger partial charge in [-0.05, 0) is 49.8 Å². The molecule has 1 aromatic carbocycles. The van der Waals surface area contributed by atoms with Crippen molar-refractivity contribution < 1.29 is 4.74 Å². The van der Waals surface area contributed by atoms with Gasteiger partial charge in [-0.25, -0.2) is 0 Å². The first-order valence-corrected chi connectivity index (χ1v) is 5.93. The average molecular weight is 215 g/mol. The third-order valence-corrected chi connectivity index (χ3v) is 3.13. The monoisotopic (exact) mass is 215 g/mol. The van der Waals surface area contributed by atoms with E-state index >= 15 is 0 Å². The molecule has 1 aliphatic carbocycles. The first-order chi connectivity index (χ1) is 7.79. The fraction of sp³-hybridized carbons (Fsp3) is 0.500. The van der Waals surface area contributed by atoms with Gasteiger partial charge in [0, 0.05) is 0 Å². The second-order valence-electron chi connectivity index (χ2n) is 4.46. The molecule has 1 aromatic rings. The van der Waals surface area contributed by atoms with Crippen LogP contribution in [0.15, 0.2) is 18.2 Å². The van der Waals surface area contributed by atoms with E-state index in [0.29, 0.717) is 12.5 Å². The zero-order chi connectivity index (χ0) is 11.4. The Morgan fingerprint density at radius 2 is 2.12 bits per heavy atom. The Kier molecular flexibility index (Phi) is 3.46. The maximum absolute atomic E-state index is 8.67. The Bertz CT molecular complexity index is 400. The van der Waals surface area contributed by atoms with Gasteiger partial charge in [0.05, 0.1) is 18.6 Å². The highest BCUT2D eigenvalue weighted by molar-refractivity contribution is 5.37. The zero-order valence-electron chi connectivity index (χ0n) is 9.70. The van der Waals surface area contributed by atoms with Crippen LogP contribution in [0.5, 0.6) is 5.75 Å². The lowest BCUT2D eigenvalue weighted by Crippen LogP contribution is -2.11. The summed E-state index contributed by atoms with van der Waals surface area (Å²) in [6, 6.07) is 8.22. The summed E-state index contributed by atoms with van der Waals surface area (Å²) in [5, 5.41) is 8.67. The molecule has 0 radical (unpaired) electrons. The number of hydrogen-bond donors (Lipinski definition) is 0. The van der Waals surface area contributed by atoms with Crippen molar-refractivity contribution in [2.24, 2.45) is 0 Å². The molecule has 0 atom stereocenters. The average Bonchev–Trinajstić information content (AvgIpc) is 2.76. The first kappa shape index (κ1) is 11.0. The highest BCUT2D eigenvalue weighted by atomic mass is 16.5. The highest BCUT2D eigenvalue weighted by Gasteiger charge is 2.17. The molecule has 84 valence electrons. The molecule has 0 aromatic heterocycles. The maximum Gasteiger partial charge on any atom is 0.122 e. The first-order valence-electron chi connectivity index (χ1n) is 5.93. The maximum atomic E-state index is 8.67. The standard InChI is InChI=1S/C14H17NO/c1-11-6-7-12(8-9-15)10-14(11)16-13-4-2-3-5-13/h6-7,10,13H,2-5,8H2,1H3. The normalized spacial score (nSPS) is 16.0. The van der Waals surface area contributed by atoms with Crippen LogP contribution in [0.3, 0.4) is 0 Å². The summed E-state index contributed by atoms with van der Waals surface area (Å²) in [5.74, 6) is 0.958. The molecule has 2 nitrogen and oxygen atoms in total. The van der Waals surface area contributed by atoms with Crippen molar-refractivity contribution in [2.45, 2.75) is 45.1 Å². The van der Waals surface area contributed by atoms with E-state index in [9.17, 15) is 0 Å². The van der Waals surface area contributed by atoms with Crippen molar-refractivity contribution in [2.75, 3.05) is 0 Å². The van der Waals surface area contributed by atoms with Crippen molar-refractivity contribution in [3.63, 3.8) is 0 Å². The number of rotatable bonds is 3. The van der Waals surface area contributed by atoms with Crippen LogP contribution in [0.1, 0.15) is 36.8 Å². The predicted molar refractivity (Wildman–Crippen MR) is 63.4 cm³/mol. The van der Waals surface area contributed by atoms with E-state index in [1.165, 1.54) is 25.7 Å². The topological polar surface area (TPSA) is 33.0 Å². The van der Waals surface area contributed by atoms with Gasteiger partial charge in [-0.15, -0.1) is 0 Å². The van der Waals surface area contributed by atoms with E-state index in [0.717, 1.165) is 16.9 Å². The Morgan fingerprint density at radius 1 is 1.38 bits per heavy atom. The lowest BCUT2D eigenvalue weighted by molar-refractivity contribution is 0.208. The molecule has 2 rings (SSSR count). The van der Waals surface area contributed by atoms with Crippen LogP contribution >= 0.6 is 0 Å². The molecule has 1 aliphatic rings. The number of ether oxygens (including phenoxy) is 1. The van der Waals surface area contributed by atoms with Crippen molar-refractivity contribution in [1.82, 2.24) is 0 Å². The minimum atomic E-state index is 0.385. The van der Waals surface area contributed by atoms with Crippen LogP contribution in [0.2, 0.25) is 0 Å². The molecule has 16 heavy (non-hydrogen) atoms. The summed E-state index contributed by atoms with van der Waals surface area (Å²) in [6.45, 7) is 2.06. The highest BCUT2D eigenvalue weighted by Crippen LogP contribution is 2.27. The van der Waals surface area contributed by atoms with Gasteiger partial charge >= 0.3 is 0 Å². The molecule has 1 saturated carbocycles. The minimum absolute atomic E-state index is 0.385. The number of nitriles is 1. The van der Waals surface area contributed by atoms with E-state index in [1.54, 1.807) is 0 Å². The largest absolute Gasteiger partial charge is 0.490 e. The van der Waals surface area contributed by atoms with Crippen molar-refractivity contribution in [3.05, 3.63) is 29.3 Å². The molecule has 2 heteroatoms. The summed E-state index contributed by atoms with van der Waals surface area (Å²) >= 11 is 0.